The van der Waals surface area contributed by atoms with E-state index in [2.05, 4.69) is 19.2 Å². The van der Waals surface area contributed by atoms with Gasteiger partial charge in [-0.25, -0.2) is 4.79 Å². The van der Waals surface area contributed by atoms with Crippen LogP contribution in [0.3, 0.4) is 0 Å². The Morgan fingerprint density at radius 1 is 1.10 bits per heavy atom. The number of ether oxygens (including phenoxy) is 2. The molecule has 1 atom stereocenters. The number of ketones is 1. The van der Waals surface area contributed by atoms with E-state index in [1.54, 1.807) is 0 Å². The van der Waals surface area contributed by atoms with E-state index < -0.39 is 5.92 Å². The number of hydrogen-bond acceptors (Lipinski definition) is 5. The van der Waals surface area contributed by atoms with E-state index >= 15 is 0 Å². The van der Waals surface area contributed by atoms with Crippen LogP contribution in [0.2, 0.25) is 0 Å². The average molecular weight is 412 g/mol. The lowest BCUT2D eigenvalue weighted by atomic mass is 9.75. The fourth-order valence-corrected chi connectivity index (χ4v) is 4.22. The maximum absolute atomic E-state index is 13.2. The molecular weight excluding hydrogens is 378 g/mol. The predicted octanol–water partition coefficient (Wildman–Crippen LogP) is 5.18. The molecule has 0 bridgehead atoms. The van der Waals surface area contributed by atoms with Gasteiger partial charge in [0.1, 0.15) is 5.75 Å². The highest BCUT2D eigenvalue weighted by Crippen LogP contribution is 2.45. The standard InChI is InChI=1S/C25H33NO4/c1-4-6-9-16-30-25(28)22-17(3)26-19-12-10-13-20(27)24(19)23(22)18-11-7-8-14-21(18)29-15-5-2/h7-8,11,14,23,26H,4-6,9-10,12-13,15-16H2,1-3H3/t23-/m0/s1. The van der Waals surface area contributed by atoms with Crippen molar-refractivity contribution < 1.29 is 19.1 Å². The van der Waals surface area contributed by atoms with Crippen LogP contribution in [0.5, 0.6) is 5.75 Å². The van der Waals surface area contributed by atoms with Crippen LogP contribution in [0.1, 0.15) is 77.2 Å². The molecule has 0 radical (unpaired) electrons. The number of carbonyl (C=O) groups excluding carboxylic acids is 2. The van der Waals surface area contributed by atoms with Gasteiger partial charge < -0.3 is 14.8 Å². The lowest BCUT2D eigenvalue weighted by Crippen LogP contribution is -2.34. The van der Waals surface area contributed by atoms with Gasteiger partial charge in [0.2, 0.25) is 0 Å². The van der Waals surface area contributed by atoms with Crippen LogP contribution < -0.4 is 10.1 Å². The Morgan fingerprint density at radius 2 is 1.90 bits per heavy atom. The zero-order chi connectivity index (χ0) is 21.5. The highest BCUT2D eigenvalue weighted by atomic mass is 16.5. The number of Topliss-reactive ketones (excluding diaryl/α,β-unsaturated/α-hetero) is 1. The number of unbranched alkanes of at least 4 members (excludes halogenated alkanes) is 2. The molecule has 0 spiro atoms. The Bertz CT molecular complexity index is 852. The number of esters is 1. The Kier molecular flexibility index (Phi) is 7.72. The lowest BCUT2D eigenvalue weighted by Gasteiger charge is -2.34. The quantitative estimate of drug-likeness (QED) is 0.448. The highest BCUT2D eigenvalue weighted by Gasteiger charge is 2.40. The molecule has 1 aliphatic heterocycles. The second-order valence-corrected chi connectivity index (χ2v) is 7.99. The van der Waals surface area contributed by atoms with Gasteiger partial charge >= 0.3 is 5.97 Å². The van der Waals surface area contributed by atoms with Crippen LogP contribution in [-0.4, -0.2) is 25.0 Å². The number of dihydropyridines is 1. The molecule has 0 aromatic heterocycles. The van der Waals surface area contributed by atoms with E-state index in [9.17, 15) is 9.59 Å². The normalized spacial score (nSPS) is 18.8. The van der Waals surface area contributed by atoms with Crippen molar-refractivity contribution in [3.8, 4) is 5.75 Å². The largest absolute Gasteiger partial charge is 0.493 e. The number of benzene rings is 1. The van der Waals surface area contributed by atoms with Gasteiger partial charge in [-0.1, -0.05) is 44.9 Å². The van der Waals surface area contributed by atoms with E-state index in [4.69, 9.17) is 9.47 Å². The summed E-state index contributed by atoms with van der Waals surface area (Å²) in [5.41, 5.74) is 3.77. The number of para-hydroxylation sites is 1. The summed E-state index contributed by atoms with van der Waals surface area (Å²) >= 11 is 0. The fraction of sp³-hybridized carbons (Fsp3) is 0.520. The van der Waals surface area contributed by atoms with E-state index in [1.165, 1.54) is 0 Å². The van der Waals surface area contributed by atoms with Gasteiger partial charge in [0.15, 0.2) is 5.78 Å². The summed E-state index contributed by atoms with van der Waals surface area (Å²) in [5.74, 6) is 0.0143. The smallest absolute Gasteiger partial charge is 0.336 e. The predicted molar refractivity (Wildman–Crippen MR) is 117 cm³/mol. The third-order valence-corrected chi connectivity index (χ3v) is 5.67. The summed E-state index contributed by atoms with van der Waals surface area (Å²) in [6, 6.07) is 7.74. The van der Waals surface area contributed by atoms with Crippen molar-refractivity contribution in [3.63, 3.8) is 0 Å². The van der Waals surface area contributed by atoms with Gasteiger partial charge in [-0.2, -0.15) is 0 Å². The first-order valence-corrected chi connectivity index (χ1v) is 11.2. The van der Waals surface area contributed by atoms with Crippen LogP contribution in [-0.2, 0) is 14.3 Å². The van der Waals surface area contributed by atoms with Gasteiger partial charge in [0, 0.05) is 29.0 Å². The van der Waals surface area contributed by atoms with Gasteiger partial charge in [0.05, 0.1) is 24.7 Å². The van der Waals surface area contributed by atoms with Crippen molar-refractivity contribution in [2.45, 2.75) is 71.6 Å². The van der Waals surface area contributed by atoms with Crippen molar-refractivity contribution in [1.82, 2.24) is 5.32 Å². The third-order valence-electron chi connectivity index (χ3n) is 5.67. The molecule has 5 heteroatoms. The molecule has 0 amide bonds. The lowest BCUT2D eigenvalue weighted by molar-refractivity contribution is -0.139. The molecule has 3 rings (SSSR count). The number of allylic oxidation sites excluding steroid dienone is 3. The fourth-order valence-electron chi connectivity index (χ4n) is 4.22. The van der Waals surface area contributed by atoms with Gasteiger partial charge in [-0.3, -0.25) is 4.79 Å². The molecule has 1 aromatic carbocycles. The summed E-state index contributed by atoms with van der Waals surface area (Å²) < 4.78 is 11.6. The van der Waals surface area contributed by atoms with Crippen LogP contribution in [0.25, 0.3) is 0 Å². The SMILES string of the molecule is CCCCCOC(=O)C1=C(C)NC2=C(C(=O)CCC2)[C@H]1c1ccccc1OCCC. The van der Waals surface area contributed by atoms with Crippen molar-refractivity contribution in [1.29, 1.82) is 0 Å². The minimum Gasteiger partial charge on any atom is -0.493 e. The molecule has 0 saturated heterocycles. The molecule has 0 unspecified atom stereocenters. The maximum atomic E-state index is 13.2. The average Bonchev–Trinajstić information content (AvgIpc) is 2.74. The molecule has 0 fully saturated rings. The number of carbonyl (C=O) groups is 2. The third kappa shape index (κ3) is 4.77. The van der Waals surface area contributed by atoms with E-state index in [0.29, 0.717) is 30.8 Å². The summed E-state index contributed by atoms with van der Waals surface area (Å²) in [6.45, 7) is 7.05. The Labute approximate surface area is 179 Å². The van der Waals surface area contributed by atoms with Crippen LogP contribution in [0, 0.1) is 0 Å². The molecule has 1 aliphatic carbocycles. The zero-order valence-corrected chi connectivity index (χ0v) is 18.4. The zero-order valence-electron chi connectivity index (χ0n) is 18.4. The van der Waals surface area contributed by atoms with Gasteiger partial charge in [-0.05, 0) is 38.7 Å². The van der Waals surface area contributed by atoms with Crippen molar-refractivity contribution >= 4 is 11.8 Å². The molecule has 1 aromatic rings. The molecular formula is C25H33NO4. The Morgan fingerprint density at radius 3 is 2.67 bits per heavy atom. The summed E-state index contributed by atoms with van der Waals surface area (Å²) in [5, 5.41) is 3.34. The summed E-state index contributed by atoms with van der Waals surface area (Å²) in [6.07, 6.45) is 5.96. The number of nitrogens with one attached hydrogen (secondary N) is 1. The first-order chi connectivity index (χ1) is 14.6. The van der Waals surface area contributed by atoms with Gasteiger partial charge in [0.25, 0.3) is 0 Å². The van der Waals surface area contributed by atoms with Crippen LogP contribution in [0.4, 0.5) is 0 Å². The van der Waals surface area contributed by atoms with Crippen LogP contribution >= 0.6 is 0 Å². The summed E-state index contributed by atoms with van der Waals surface area (Å²) in [7, 11) is 0. The number of rotatable bonds is 9. The second-order valence-electron chi connectivity index (χ2n) is 7.99. The minimum atomic E-state index is -0.458. The molecule has 1 N–H and O–H groups in total. The van der Waals surface area contributed by atoms with E-state index in [0.717, 1.165) is 61.2 Å². The first-order valence-electron chi connectivity index (χ1n) is 11.2. The monoisotopic (exact) mass is 411 g/mol. The summed E-state index contributed by atoms with van der Waals surface area (Å²) in [4.78, 5) is 26.2. The van der Waals surface area contributed by atoms with Crippen molar-refractivity contribution in [3.05, 3.63) is 52.4 Å². The Balaban J connectivity index is 2.03. The maximum Gasteiger partial charge on any atom is 0.336 e. The molecule has 30 heavy (non-hydrogen) atoms. The first kappa shape index (κ1) is 22.1. The van der Waals surface area contributed by atoms with E-state index in [-0.39, 0.29) is 11.8 Å². The molecule has 5 nitrogen and oxygen atoms in total. The molecule has 162 valence electrons. The minimum absolute atomic E-state index is 0.0998. The van der Waals surface area contributed by atoms with Gasteiger partial charge in [-0.15, -0.1) is 0 Å². The topological polar surface area (TPSA) is 64.6 Å². The second kappa shape index (κ2) is 10.5. The number of hydrogen-bond donors (Lipinski definition) is 1. The highest BCUT2D eigenvalue weighted by molar-refractivity contribution is 6.04. The molecule has 2 aliphatic rings. The molecule has 0 saturated carbocycles. The van der Waals surface area contributed by atoms with Crippen molar-refractivity contribution in [2.24, 2.45) is 0 Å². The van der Waals surface area contributed by atoms with Crippen LogP contribution in [0.15, 0.2) is 46.8 Å². The van der Waals surface area contributed by atoms with Crippen molar-refractivity contribution in [2.75, 3.05) is 13.2 Å². The Hall–Kier alpha value is -2.56. The van der Waals surface area contributed by atoms with E-state index in [1.807, 2.05) is 31.2 Å². The molecule has 1 heterocycles.